The maximum Gasteiger partial charge on any atom is 0.225 e. The third kappa shape index (κ3) is 2.61. The van der Waals surface area contributed by atoms with Crippen molar-refractivity contribution in [3.8, 4) is 0 Å². The first-order chi connectivity index (χ1) is 7.98. The van der Waals surface area contributed by atoms with Gasteiger partial charge in [-0.3, -0.25) is 4.57 Å². The highest BCUT2D eigenvalue weighted by Gasteiger charge is 2.23. The van der Waals surface area contributed by atoms with E-state index in [0.717, 1.165) is 11.5 Å². The van der Waals surface area contributed by atoms with E-state index in [1.54, 1.807) is 6.20 Å². The van der Waals surface area contributed by atoms with Crippen molar-refractivity contribution in [3.63, 3.8) is 0 Å². The summed E-state index contributed by atoms with van der Waals surface area (Å²) in [6, 6.07) is 3.74. The van der Waals surface area contributed by atoms with Crippen LogP contribution in [0, 0.1) is 0 Å². The van der Waals surface area contributed by atoms with E-state index in [9.17, 15) is 0 Å². The molecule has 2 rings (SSSR count). The van der Waals surface area contributed by atoms with Crippen molar-refractivity contribution in [2.75, 3.05) is 0 Å². The second-order valence-corrected chi connectivity index (χ2v) is 5.18. The Morgan fingerprint density at radius 1 is 1.24 bits per heavy atom. The second-order valence-electron chi connectivity index (χ2n) is 4.84. The number of rotatable bonds is 2. The zero-order valence-corrected chi connectivity index (χ0v) is 10.8. The number of nitrogens with zero attached hydrogens (tertiary/aromatic N) is 5. The van der Waals surface area contributed by atoms with Crippen LogP contribution in [0.1, 0.15) is 32.3 Å². The molecule has 0 N–H and O–H groups in total. The van der Waals surface area contributed by atoms with E-state index in [1.807, 2.05) is 16.7 Å². The molecule has 0 saturated heterocycles. The van der Waals surface area contributed by atoms with Gasteiger partial charge in [-0.05, 0) is 23.7 Å². The van der Waals surface area contributed by atoms with Gasteiger partial charge in [0.05, 0.1) is 12.2 Å². The molecule has 0 saturated carbocycles. The summed E-state index contributed by atoms with van der Waals surface area (Å²) in [6.45, 7) is 6.74. The predicted octanol–water partition coefficient (Wildman–Crippen LogP) is 2.07. The van der Waals surface area contributed by atoms with E-state index in [-0.39, 0.29) is 5.41 Å². The van der Waals surface area contributed by atoms with Crippen molar-refractivity contribution in [1.82, 2.24) is 25.0 Å². The topological polar surface area (TPSA) is 56.5 Å². The van der Waals surface area contributed by atoms with Crippen LogP contribution in [-0.2, 0) is 12.0 Å². The standard InChI is InChI=1S/C11H14ClN5/c1-11(2,3)9-15-16-10(12)17(9)7-8-5-4-6-13-14-8/h4-6H,7H2,1-3H3. The number of hydrogen-bond donors (Lipinski definition) is 0. The van der Waals surface area contributed by atoms with Crippen molar-refractivity contribution >= 4 is 11.6 Å². The minimum absolute atomic E-state index is 0.109. The van der Waals surface area contributed by atoms with Gasteiger partial charge in [-0.1, -0.05) is 20.8 Å². The van der Waals surface area contributed by atoms with Crippen molar-refractivity contribution in [1.29, 1.82) is 0 Å². The molecule has 0 aliphatic rings. The molecule has 2 aromatic rings. The van der Waals surface area contributed by atoms with E-state index in [0.29, 0.717) is 11.8 Å². The SMILES string of the molecule is CC(C)(C)c1nnc(Cl)n1Cc1cccnn1. The highest BCUT2D eigenvalue weighted by atomic mass is 35.5. The van der Waals surface area contributed by atoms with Gasteiger partial charge in [0.2, 0.25) is 5.28 Å². The van der Waals surface area contributed by atoms with Crippen LogP contribution in [0.4, 0.5) is 0 Å². The van der Waals surface area contributed by atoms with Crippen molar-refractivity contribution in [3.05, 3.63) is 35.1 Å². The Bertz CT molecular complexity index is 500. The smallest absolute Gasteiger partial charge is 0.225 e. The molecule has 6 heteroatoms. The zero-order chi connectivity index (χ0) is 12.5. The van der Waals surface area contributed by atoms with Gasteiger partial charge >= 0.3 is 0 Å². The number of aromatic nitrogens is 5. The van der Waals surface area contributed by atoms with E-state index in [1.165, 1.54) is 0 Å². The van der Waals surface area contributed by atoms with Gasteiger partial charge < -0.3 is 0 Å². The largest absolute Gasteiger partial charge is 0.295 e. The molecule has 0 unspecified atom stereocenters. The molecule has 0 aliphatic carbocycles. The van der Waals surface area contributed by atoms with Gasteiger partial charge in [-0.25, -0.2) is 0 Å². The van der Waals surface area contributed by atoms with Gasteiger partial charge in [0.25, 0.3) is 0 Å². The Morgan fingerprint density at radius 3 is 2.59 bits per heavy atom. The molecule has 0 bridgehead atoms. The molecule has 90 valence electrons. The third-order valence-electron chi connectivity index (χ3n) is 2.32. The van der Waals surface area contributed by atoms with Crippen molar-refractivity contribution < 1.29 is 0 Å². The average Bonchev–Trinajstić information content (AvgIpc) is 2.62. The Balaban J connectivity index is 2.36. The lowest BCUT2D eigenvalue weighted by Gasteiger charge is -2.18. The molecular weight excluding hydrogens is 238 g/mol. The minimum Gasteiger partial charge on any atom is -0.295 e. The van der Waals surface area contributed by atoms with Crippen LogP contribution in [0.5, 0.6) is 0 Å². The van der Waals surface area contributed by atoms with Gasteiger partial charge in [0, 0.05) is 11.6 Å². The monoisotopic (exact) mass is 251 g/mol. The lowest BCUT2D eigenvalue weighted by atomic mass is 9.96. The number of hydrogen-bond acceptors (Lipinski definition) is 4. The molecule has 2 aromatic heterocycles. The highest BCUT2D eigenvalue weighted by molar-refractivity contribution is 6.28. The fourth-order valence-electron chi connectivity index (χ4n) is 1.56. The maximum atomic E-state index is 6.04. The zero-order valence-electron chi connectivity index (χ0n) is 10.1. The quantitative estimate of drug-likeness (QED) is 0.820. The Kier molecular flexibility index (Phi) is 3.11. The van der Waals surface area contributed by atoms with E-state index in [2.05, 4.69) is 41.2 Å². The summed E-state index contributed by atoms with van der Waals surface area (Å²) in [5.74, 6) is 0.841. The minimum atomic E-state index is -0.109. The lowest BCUT2D eigenvalue weighted by molar-refractivity contribution is 0.507. The first-order valence-electron chi connectivity index (χ1n) is 5.34. The predicted molar refractivity (Wildman–Crippen MR) is 64.9 cm³/mol. The van der Waals surface area contributed by atoms with Crippen LogP contribution in [0.3, 0.4) is 0 Å². The van der Waals surface area contributed by atoms with Crippen molar-refractivity contribution in [2.24, 2.45) is 0 Å². The summed E-state index contributed by atoms with van der Waals surface area (Å²) in [5.41, 5.74) is 0.724. The molecule has 0 aliphatic heterocycles. The van der Waals surface area contributed by atoms with Crippen LogP contribution < -0.4 is 0 Å². The molecule has 0 aromatic carbocycles. The van der Waals surface area contributed by atoms with Crippen LogP contribution >= 0.6 is 11.6 Å². The summed E-state index contributed by atoms with van der Waals surface area (Å²) in [6.07, 6.45) is 1.64. The van der Waals surface area contributed by atoms with E-state index >= 15 is 0 Å². The fraction of sp³-hybridized carbons (Fsp3) is 0.455. The summed E-state index contributed by atoms with van der Waals surface area (Å²) in [7, 11) is 0. The summed E-state index contributed by atoms with van der Waals surface area (Å²) >= 11 is 6.04. The van der Waals surface area contributed by atoms with Gasteiger partial charge in [-0.15, -0.1) is 10.2 Å². The molecule has 0 amide bonds. The van der Waals surface area contributed by atoms with Crippen LogP contribution in [0.2, 0.25) is 5.28 Å². The van der Waals surface area contributed by atoms with Gasteiger partial charge in [0.1, 0.15) is 5.82 Å². The van der Waals surface area contributed by atoms with Crippen LogP contribution in [0.25, 0.3) is 0 Å². The first kappa shape index (κ1) is 12.0. The average molecular weight is 252 g/mol. The van der Waals surface area contributed by atoms with Crippen LogP contribution in [-0.4, -0.2) is 25.0 Å². The number of halogens is 1. The Hall–Kier alpha value is -1.49. The summed E-state index contributed by atoms with van der Waals surface area (Å²) in [5, 5.41) is 16.3. The molecule has 2 heterocycles. The highest BCUT2D eigenvalue weighted by Crippen LogP contribution is 2.23. The molecular formula is C11H14ClN5. The first-order valence-corrected chi connectivity index (χ1v) is 5.72. The fourth-order valence-corrected chi connectivity index (χ4v) is 1.74. The Labute approximate surface area is 105 Å². The summed E-state index contributed by atoms with van der Waals surface area (Å²) in [4.78, 5) is 0. The Morgan fingerprint density at radius 2 is 2.00 bits per heavy atom. The molecule has 0 fully saturated rings. The molecule has 5 nitrogen and oxygen atoms in total. The lowest BCUT2D eigenvalue weighted by Crippen LogP contribution is -2.20. The van der Waals surface area contributed by atoms with Crippen molar-refractivity contribution in [2.45, 2.75) is 32.7 Å². The van der Waals surface area contributed by atoms with Crippen LogP contribution in [0.15, 0.2) is 18.3 Å². The molecule has 0 atom stereocenters. The summed E-state index contributed by atoms with van der Waals surface area (Å²) < 4.78 is 1.85. The van der Waals surface area contributed by atoms with E-state index in [4.69, 9.17) is 11.6 Å². The third-order valence-corrected chi connectivity index (χ3v) is 2.60. The molecule has 0 radical (unpaired) electrons. The molecule has 0 spiro atoms. The maximum absolute atomic E-state index is 6.04. The van der Waals surface area contributed by atoms with E-state index < -0.39 is 0 Å². The second kappa shape index (κ2) is 4.41. The molecule has 17 heavy (non-hydrogen) atoms. The normalized spacial score (nSPS) is 11.8. The van der Waals surface area contributed by atoms with Gasteiger partial charge in [0.15, 0.2) is 0 Å². The van der Waals surface area contributed by atoms with Gasteiger partial charge in [-0.2, -0.15) is 10.2 Å².